The molecule has 1 amide bonds. The molecule has 1 heterocycles. The number of carbonyl (C=O) groups is 1. The van der Waals surface area contributed by atoms with Gasteiger partial charge in [0.1, 0.15) is 5.82 Å². The van der Waals surface area contributed by atoms with Crippen LogP contribution in [0.1, 0.15) is 10.4 Å². The first-order chi connectivity index (χ1) is 10.6. The van der Waals surface area contributed by atoms with Crippen molar-refractivity contribution in [2.75, 3.05) is 0 Å². The molecule has 0 aliphatic heterocycles. The number of nitrogens with zero attached hydrogens (tertiary/aromatic N) is 2. The first kappa shape index (κ1) is 14.0. The number of imidazole rings is 1. The molecule has 110 valence electrons. The van der Waals surface area contributed by atoms with E-state index in [1.807, 2.05) is 36.5 Å². The predicted octanol–water partition coefficient (Wildman–Crippen LogP) is 2.90. The molecule has 0 fully saturated rings. The van der Waals surface area contributed by atoms with E-state index in [0.29, 0.717) is 5.62 Å². The highest BCUT2D eigenvalue weighted by molar-refractivity contribution is 5.95. The molecule has 0 unspecified atom stereocenters. The first-order valence-electron chi connectivity index (χ1n) is 6.80. The summed E-state index contributed by atoms with van der Waals surface area (Å²) in [6.07, 6.45) is 1.84. The van der Waals surface area contributed by atoms with Gasteiger partial charge in [-0.1, -0.05) is 42.5 Å². The summed E-state index contributed by atoms with van der Waals surface area (Å²) in [4.78, 5) is 19.1. The molecular weight excluding hydrogens is 281 g/mol. The summed E-state index contributed by atoms with van der Waals surface area (Å²) in [6, 6.07) is 15.5. The van der Waals surface area contributed by atoms with Crippen molar-refractivity contribution in [3.63, 3.8) is 0 Å². The molecular formula is C17H14FN3O. The molecule has 0 saturated heterocycles. The Balaban J connectivity index is 2.01. The lowest BCUT2D eigenvalue weighted by atomic mass is 10.2. The molecule has 4 nitrogen and oxygen atoms in total. The summed E-state index contributed by atoms with van der Waals surface area (Å²) in [5.74, 6) is -1.19. The Labute approximate surface area is 126 Å². The smallest absolute Gasteiger partial charge is 0.283 e. The van der Waals surface area contributed by atoms with Crippen LogP contribution in [0.15, 0.2) is 65.8 Å². The van der Waals surface area contributed by atoms with Crippen molar-refractivity contribution >= 4 is 5.91 Å². The molecule has 0 bridgehead atoms. The van der Waals surface area contributed by atoms with Crippen molar-refractivity contribution in [1.82, 2.24) is 9.55 Å². The van der Waals surface area contributed by atoms with Crippen LogP contribution in [-0.4, -0.2) is 15.5 Å². The largest absolute Gasteiger partial charge is 0.324 e. The zero-order valence-corrected chi connectivity index (χ0v) is 12.0. The molecule has 0 atom stereocenters. The maximum atomic E-state index is 13.6. The fraction of sp³-hybridized carbons (Fsp3) is 0.0588. The Hall–Kier alpha value is -2.95. The van der Waals surface area contributed by atoms with Crippen LogP contribution in [0.5, 0.6) is 0 Å². The molecule has 1 aromatic heterocycles. The number of rotatable bonds is 2. The molecule has 0 aliphatic rings. The van der Waals surface area contributed by atoms with Crippen LogP contribution in [0.3, 0.4) is 0 Å². The van der Waals surface area contributed by atoms with Crippen LogP contribution < -0.4 is 5.62 Å². The Kier molecular flexibility index (Phi) is 3.70. The van der Waals surface area contributed by atoms with Gasteiger partial charge in [0.15, 0.2) is 0 Å². The van der Waals surface area contributed by atoms with E-state index in [4.69, 9.17) is 0 Å². The second-order valence-corrected chi connectivity index (χ2v) is 4.87. The summed E-state index contributed by atoms with van der Waals surface area (Å²) in [5.41, 5.74) is 2.14. The lowest BCUT2D eigenvalue weighted by Gasteiger charge is -1.96. The van der Waals surface area contributed by atoms with Gasteiger partial charge in [0.2, 0.25) is 5.62 Å². The summed E-state index contributed by atoms with van der Waals surface area (Å²) in [5, 5.41) is 0. The van der Waals surface area contributed by atoms with Gasteiger partial charge >= 0.3 is 0 Å². The lowest BCUT2D eigenvalue weighted by Crippen LogP contribution is -2.18. The Morgan fingerprint density at radius 1 is 1.09 bits per heavy atom. The third-order valence-electron chi connectivity index (χ3n) is 3.30. The van der Waals surface area contributed by atoms with Crippen LogP contribution in [0.4, 0.5) is 4.39 Å². The van der Waals surface area contributed by atoms with Gasteiger partial charge in [-0.3, -0.25) is 4.79 Å². The molecule has 2 aromatic carbocycles. The van der Waals surface area contributed by atoms with Crippen molar-refractivity contribution in [3.05, 3.63) is 77.8 Å². The van der Waals surface area contributed by atoms with Crippen molar-refractivity contribution < 1.29 is 9.18 Å². The standard InChI is InChI=1S/C17H14FN3O/c1-21-11-15(12-7-3-2-4-8-12)19-17(21)20-16(22)13-9-5-6-10-14(13)18/h2-11H,1H3,(H,19,20,22). The number of aryl methyl sites for hydroxylation is 1. The number of aromatic nitrogens is 2. The van der Waals surface area contributed by atoms with Crippen LogP contribution in [0, 0.1) is 5.82 Å². The zero-order valence-electron chi connectivity index (χ0n) is 12.0. The highest BCUT2D eigenvalue weighted by Crippen LogP contribution is 2.14. The third kappa shape index (κ3) is 2.74. The second kappa shape index (κ2) is 5.81. The van der Waals surface area contributed by atoms with Gasteiger partial charge in [0.25, 0.3) is 5.91 Å². The monoisotopic (exact) mass is 295 g/mol. The summed E-state index contributed by atoms with van der Waals surface area (Å²) in [7, 11) is 1.77. The van der Waals surface area contributed by atoms with Crippen molar-refractivity contribution in [3.8, 4) is 11.3 Å². The molecule has 0 radical (unpaired) electrons. The number of carbonyl (C=O) groups excluding carboxylic acids is 1. The first-order valence-corrected chi connectivity index (χ1v) is 6.80. The van der Waals surface area contributed by atoms with E-state index >= 15 is 0 Å². The molecule has 1 N–H and O–H groups in total. The topological polar surface area (TPSA) is 50.1 Å². The van der Waals surface area contributed by atoms with E-state index in [0.717, 1.165) is 11.3 Å². The number of benzene rings is 2. The molecule has 0 saturated carbocycles. The summed E-state index contributed by atoms with van der Waals surface area (Å²) in [6.45, 7) is 0. The van der Waals surface area contributed by atoms with E-state index in [-0.39, 0.29) is 5.56 Å². The van der Waals surface area contributed by atoms with E-state index in [1.54, 1.807) is 17.7 Å². The van der Waals surface area contributed by atoms with Gasteiger partial charge in [-0.15, -0.1) is 0 Å². The van der Waals surface area contributed by atoms with Gasteiger partial charge in [0.05, 0.1) is 11.3 Å². The third-order valence-corrected chi connectivity index (χ3v) is 3.30. The quantitative estimate of drug-likeness (QED) is 0.776. The molecule has 3 rings (SSSR count). The van der Waals surface area contributed by atoms with Crippen LogP contribution in [-0.2, 0) is 7.05 Å². The van der Waals surface area contributed by atoms with Gasteiger partial charge < -0.3 is 9.55 Å². The minimum atomic E-state index is -0.616. The molecule has 3 aromatic rings. The van der Waals surface area contributed by atoms with Gasteiger partial charge in [-0.05, 0) is 17.7 Å². The highest BCUT2D eigenvalue weighted by Gasteiger charge is 2.10. The zero-order chi connectivity index (χ0) is 15.5. The number of aromatic amines is 1. The number of hydrogen-bond acceptors (Lipinski definition) is 1. The second-order valence-electron chi connectivity index (χ2n) is 4.87. The Morgan fingerprint density at radius 3 is 2.50 bits per heavy atom. The van der Waals surface area contributed by atoms with Gasteiger partial charge in [-0.2, -0.15) is 4.99 Å². The number of H-pyrrole nitrogens is 1. The van der Waals surface area contributed by atoms with Gasteiger partial charge in [0, 0.05) is 13.2 Å². The van der Waals surface area contributed by atoms with E-state index in [2.05, 4.69) is 9.98 Å². The average molecular weight is 295 g/mol. The van der Waals surface area contributed by atoms with E-state index < -0.39 is 11.7 Å². The van der Waals surface area contributed by atoms with Crippen LogP contribution in [0.25, 0.3) is 11.3 Å². The minimum Gasteiger partial charge on any atom is -0.324 e. The highest BCUT2D eigenvalue weighted by atomic mass is 19.1. The number of amides is 1. The minimum absolute atomic E-state index is 0.0432. The van der Waals surface area contributed by atoms with Crippen LogP contribution in [0.2, 0.25) is 0 Å². The fourth-order valence-electron chi connectivity index (χ4n) is 2.16. The number of hydrogen-bond donors (Lipinski definition) is 1. The molecule has 5 heteroatoms. The Morgan fingerprint density at radius 2 is 1.77 bits per heavy atom. The SMILES string of the molecule is Cn1cc(-c2ccccc2)[nH]/c1=N\C(=O)c1ccccc1F. The summed E-state index contributed by atoms with van der Waals surface area (Å²) >= 11 is 0. The maximum absolute atomic E-state index is 13.6. The van der Waals surface area contributed by atoms with Crippen LogP contribution >= 0.6 is 0 Å². The summed E-state index contributed by atoms with van der Waals surface area (Å²) < 4.78 is 15.3. The predicted molar refractivity (Wildman–Crippen MR) is 81.5 cm³/mol. The lowest BCUT2D eigenvalue weighted by molar-refractivity contribution is 0.0993. The molecule has 22 heavy (non-hydrogen) atoms. The van der Waals surface area contributed by atoms with Crippen molar-refractivity contribution in [1.29, 1.82) is 0 Å². The van der Waals surface area contributed by atoms with E-state index in [9.17, 15) is 9.18 Å². The van der Waals surface area contributed by atoms with Crippen molar-refractivity contribution in [2.45, 2.75) is 0 Å². The Bertz CT molecular complexity index is 878. The molecule has 0 spiro atoms. The molecule has 0 aliphatic carbocycles. The number of halogens is 1. The fourth-order valence-corrected chi connectivity index (χ4v) is 2.16. The average Bonchev–Trinajstić information content (AvgIpc) is 2.89. The van der Waals surface area contributed by atoms with Gasteiger partial charge in [-0.25, -0.2) is 4.39 Å². The van der Waals surface area contributed by atoms with E-state index in [1.165, 1.54) is 18.2 Å². The number of nitrogens with one attached hydrogen (secondary N) is 1. The maximum Gasteiger partial charge on any atom is 0.283 e. The normalized spacial score (nSPS) is 11.6. The van der Waals surface area contributed by atoms with Crippen molar-refractivity contribution in [2.24, 2.45) is 12.0 Å².